The molecular weight excluding hydrogens is 864 g/mol. The van der Waals surface area contributed by atoms with Crippen LogP contribution in [0.5, 0.6) is 5.75 Å². The molecule has 3 aromatic rings. The summed E-state index contributed by atoms with van der Waals surface area (Å²) in [4.78, 5) is 60.3. The van der Waals surface area contributed by atoms with E-state index < -0.39 is 23.6 Å². The van der Waals surface area contributed by atoms with Gasteiger partial charge < -0.3 is 30.7 Å². The molecule has 12 nitrogen and oxygen atoms in total. The summed E-state index contributed by atoms with van der Waals surface area (Å²) in [5.41, 5.74) is 5.00. The number of halogens is 1. The number of benzene rings is 3. The predicted octanol–water partition coefficient (Wildman–Crippen LogP) is 9.28. The number of aliphatic imine (C=N–C) groups is 1. The number of rotatable bonds is 18. The van der Waals surface area contributed by atoms with Crippen LogP contribution in [-0.4, -0.2) is 76.7 Å². The maximum Gasteiger partial charge on any atom is 0.251 e. The van der Waals surface area contributed by atoms with Gasteiger partial charge in [-0.1, -0.05) is 116 Å². The number of unbranched alkanes of at least 4 members (excludes halogenated alkanes) is 4. The van der Waals surface area contributed by atoms with E-state index in [1.807, 2.05) is 89.4 Å². The lowest BCUT2D eigenvalue weighted by molar-refractivity contribution is -0.164. The summed E-state index contributed by atoms with van der Waals surface area (Å²) in [6.07, 6.45) is 7.44. The molecule has 6 rings (SSSR count). The molecule has 2 fully saturated rings. The first-order valence-electron chi connectivity index (χ1n) is 23.8. The van der Waals surface area contributed by atoms with E-state index in [2.05, 4.69) is 54.7 Å². The van der Waals surface area contributed by atoms with E-state index in [0.717, 1.165) is 60.9 Å². The standard InChI is InChI=1S/C54H69ClN6O6/c1-33(36-21-23-37(24-22-36)42-27-28-57-34(42)2)58-48(65)44-29-40(62)32-61(44)49(66)46(52(3,4)5)59-45(63)16-14-12-10-11-13-15-35-17-19-38(20-18-35)47(64)60-50-53(6,7)51(54(50,8)9)67-41-26-25-39(31-56)43(55)30-41/h17-26,28,30,33,40,44,46,50-51,62H,10-16,27,29,32H2,1-9H3,(H,58,65)(H,59,63)(H,60,64)/t33-,40+,44-,46+,50?,51?/m0/s1. The number of nitrogens with zero attached hydrogens (tertiary/aromatic N) is 3. The molecule has 67 heavy (non-hydrogen) atoms. The summed E-state index contributed by atoms with van der Waals surface area (Å²) in [6.45, 7) is 17.9. The average Bonchev–Trinajstić information content (AvgIpc) is 3.90. The van der Waals surface area contributed by atoms with E-state index in [4.69, 9.17) is 16.3 Å². The van der Waals surface area contributed by atoms with Gasteiger partial charge in [-0.05, 0) is 85.1 Å². The molecule has 1 saturated heterocycles. The molecule has 1 saturated carbocycles. The minimum atomic E-state index is -0.870. The highest BCUT2D eigenvalue weighted by Gasteiger charge is 2.64. The van der Waals surface area contributed by atoms with Gasteiger partial charge in [-0.25, -0.2) is 0 Å². The van der Waals surface area contributed by atoms with Crippen molar-refractivity contribution >= 4 is 47.0 Å². The molecule has 0 spiro atoms. The molecule has 3 aromatic carbocycles. The van der Waals surface area contributed by atoms with Crippen LogP contribution in [-0.2, 0) is 20.8 Å². The van der Waals surface area contributed by atoms with Crippen LogP contribution in [0.15, 0.2) is 77.4 Å². The van der Waals surface area contributed by atoms with E-state index in [-0.39, 0.29) is 72.0 Å². The van der Waals surface area contributed by atoms with Gasteiger partial charge in [0.25, 0.3) is 5.91 Å². The van der Waals surface area contributed by atoms with E-state index >= 15 is 0 Å². The lowest BCUT2D eigenvalue weighted by atomic mass is 9.49. The van der Waals surface area contributed by atoms with E-state index in [9.17, 15) is 29.5 Å². The highest BCUT2D eigenvalue weighted by atomic mass is 35.5. The summed E-state index contributed by atoms with van der Waals surface area (Å²) in [5, 5.41) is 29.5. The molecule has 0 unspecified atom stereocenters. The second kappa shape index (κ2) is 21.2. The molecule has 4 N–H and O–H groups in total. The number of likely N-dealkylation sites (tertiary alicyclic amines) is 1. The summed E-state index contributed by atoms with van der Waals surface area (Å²) < 4.78 is 6.37. The average molecular weight is 934 g/mol. The second-order valence-corrected chi connectivity index (χ2v) is 21.4. The van der Waals surface area contributed by atoms with Gasteiger partial charge in [-0.2, -0.15) is 5.26 Å². The Labute approximate surface area is 402 Å². The van der Waals surface area contributed by atoms with Crippen LogP contribution in [0.3, 0.4) is 0 Å². The third kappa shape index (κ3) is 12.0. The first kappa shape index (κ1) is 50.9. The molecule has 0 radical (unpaired) electrons. The maximum absolute atomic E-state index is 14.1. The maximum atomic E-state index is 14.1. The van der Waals surface area contributed by atoms with Crippen molar-refractivity contribution in [3.05, 3.63) is 105 Å². The number of nitrogens with one attached hydrogen (secondary N) is 3. The smallest absolute Gasteiger partial charge is 0.251 e. The summed E-state index contributed by atoms with van der Waals surface area (Å²) in [6, 6.07) is 20.8. The highest BCUT2D eigenvalue weighted by molar-refractivity contribution is 6.31. The van der Waals surface area contributed by atoms with Gasteiger partial charge in [-0.3, -0.25) is 24.2 Å². The molecule has 3 aliphatic rings. The van der Waals surface area contributed by atoms with Crippen LogP contribution < -0.4 is 20.7 Å². The minimum Gasteiger partial charge on any atom is -0.489 e. The number of carbonyl (C=O) groups excluding carboxylic acids is 4. The third-order valence-corrected chi connectivity index (χ3v) is 14.2. The van der Waals surface area contributed by atoms with Crippen molar-refractivity contribution in [1.29, 1.82) is 5.26 Å². The van der Waals surface area contributed by atoms with E-state index in [1.165, 1.54) is 10.5 Å². The Bertz CT molecular complexity index is 2380. The number of carbonyl (C=O) groups is 4. The molecule has 2 aliphatic heterocycles. The SMILES string of the molecule is CC1=C(c2ccc([C@H](C)NC(=O)[C@@H]3C[C@@H](O)CN3C(=O)[C@@H](NC(=O)CCCCCCCc3ccc(C(=O)NC4C(C)(C)C(Oc5ccc(C#N)c(Cl)c5)C4(C)C)cc3)C(C)(C)C)cc2)CC=N1. The Balaban J connectivity index is 0.904. The van der Waals surface area contributed by atoms with Crippen molar-refractivity contribution in [3.8, 4) is 11.8 Å². The highest BCUT2D eigenvalue weighted by Crippen LogP contribution is 2.55. The molecule has 358 valence electrons. The lowest BCUT2D eigenvalue weighted by Gasteiger charge is -2.63. The normalized spacial score (nSPS) is 21.5. The van der Waals surface area contributed by atoms with Crippen molar-refractivity contribution in [3.63, 3.8) is 0 Å². The summed E-state index contributed by atoms with van der Waals surface area (Å²) in [7, 11) is 0. The van der Waals surface area contributed by atoms with Gasteiger partial charge in [0.15, 0.2) is 0 Å². The molecule has 1 aliphatic carbocycles. The molecular formula is C54H69ClN6O6. The number of ether oxygens (including phenoxy) is 1. The van der Waals surface area contributed by atoms with Gasteiger partial charge in [-0.15, -0.1) is 0 Å². The quantitative estimate of drug-likeness (QED) is 0.0921. The molecule has 2 heterocycles. The van der Waals surface area contributed by atoms with Crippen molar-refractivity contribution in [2.24, 2.45) is 21.2 Å². The number of amides is 4. The molecule has 0 aromatic heterocycles. The minimum absolute atomic E-state index is 0.0208. The monoisotopic (exact) mass is 932 g/mol. The zero-order valence-electron chi connectivity index (χ0n) is 40.7. The number of aryl methyl sites for hydroxylation is 1. The fraction of sp³-hybridized carbons (Fsp3) is 0.519. The van der Waals surface area contributed by atoms with Crippen LogP contribution in [0, 0.1) is 27.6 Å². The Morgan fingerprint density at radius 2 is 1.60 bits per heavy atom. The van der Waals surface area contributed by atoms with Gasteiger partial charge in [0, 0.05) is 66.2 Å². The van der Waals surface area contributed by atoms with Crippen LogP contribution >= 0.6 is 11.6 Å². The van der Waals surface area contributed by atoms with Crippen LogP contribution in [0.2, 0.25) is 5.02 Å². The molecule has 0 bridgehead atoms. The number of β-amino-alcohol motifs (C(OH)–C–C–N with tert-alkyl or cyclic N) is 1. The van der Waals surface area contributed by atoms with E-state index in [0.29, 0.717) is 28.3 Å². The topological polar surface area (TPSA) is 173 Å². The molecule has 13 heteroatoms. The Morgan fingerprint density at radius 3 is 2.21 bits per heavy atom. The van der Waals surface area contributed by atoms with E-state index in [1.54, 1.807) is 18.2 Å². The number of aliphatic hydroxyl groups excluding tert-OH is 1. The lowest BCUT2D eigenvalue weighted by Crippen LogP contribution is -2.74. The van der Waals surface area contributed by atoms with Gasteiger partial charge >= 0.3 is 0 Å². The largest absolute Gasteiger partial charge is 0.489 e. The Kier molecular flexibility index (Phi) is 16.1. The predicted molar refractivity (Wildman–Crippen MR) is 263 cm³/mol. The van der Waals surface area contributed by atoms with Crippen molar-refractivity contribution < 1.29 is 29.0 Å². The third-order valence-electron chi connectivity index (χ3n) is 13.9. The number of hydrogen-bond donors (Lipinski definition) is 4. The summed E-state index contributed by atoms with van der Waals surface area (Å²) >= 11 is 6.25. The van der Waals surface area contributed by atoms with Crippen molar-refractivity contribution in [1.82, 2.24) is 20.9 Å². The number of allylic oxidation sites excluding steroid dienone is 2. The summed E-state index contributed by atoms with van der Waals surface area (Å²) in [5.74, 6) is -0.463. The first-order valence-corrected chi connectivity index (χ1v) is 24.2. The Morgan fingerprint density at radius 1 is 0.940 bits per heavy atom. The van der Waals surface area contributed by atoms with Gasteiger partial charge in [0.05, 0.1) is 22.7 Å². The van der Waals surface area contributed by atoms with Crippen LogP contribution in [0.25, 0.3) is 5.57 Å². The van der Waals surface area contributed by atoms with Gasteiger partial charge in [0.2, 0.25) is 17.7 Å². The number of hydrogen-bond acceptors (Lipinski definition) is 8. The van der Waals surface area contributed by atoms with Gasteiger partial charge in [0.1, 0.15) is 30.0 Å². The molecule has 4 amide bonds. The zero-order valence-corrected chi connectivity index (χ0v) is 41.4. The second-order valence-electron chi connectivity index (χ2n) is 21.0. The van der Waals surface area contributed by atoms with Crippen LogP contribution in [0.4, 0.5) is 0 Å². The van der Waals surface area contributed by atoms with Crippen molar-refractivity contribution in [2.75, 3.05) is 6.54 Å². The van der Waals surface area contributed by atoms with Crippen LogP contribution in [0.1, 0.15) is 152 Å². The fourth-order valence-corrected chi connectivity index (χ4v) is 10.5. The molecule has 4 atom stereocenters. The van der Waals surface area contributed by atoms with Crippen molar-refractivity contribution in [2.45, 2.75) is 156 Å². The fourth-order valence-electron chi connectivity index (χ4n) is 10.3. The number of nitriles is 1. The first-order chi connectivity index (χ1) is 31.6. The number of aliphatic hydroxyl groups is 1. The Hall–Kier alpha value is -5.51. The zero-order chi connectivity index (χ0) is 48.8.